The van der Waals surface area contributed by atoms with Crippen LogP contribution in [-0.2, 0) is 9.59 Å². The monoisotopic (exact) mass is 442 g/mol. The predicted molar refractivity (Wildman–Crippen MR) is 110 cm³/mol. The van der Waals surface area contributed by atoms with Gasteiger partial charge < -0.3 is 4.74 Å². The van der Waals surface area contributed by atoms with Crippen molar-refractivity contribution in [2.24, 2.45) is 5.92 Å². The maximum atomic E-state index is 12.8. The second-order valence-corrected chi connectivity index (χ2v) is 7.63. The van der Waals surface area contributed by atoms with Gasteiger partial charge in [0.1, 0.15) is 11.3 Å². The summed E-state index contributed by atoms with van der Waals surface area (Å²) in [6, 6.07) is 13.0. The summed E-state index contributed by atoms with van der Waals surface area (Å²) in [6.07, 6.45) is 1.46. The van der Waals surface area contributed by atoms with Gasteiger partial charge in [-0.15, -0.1) is 0 Å². The molecule has 0 saturated carbocycles. The number of imide groups is 2. The maximum absolute atomic E-state index is 12.8. The molecular formula is C21H19BrN2O4. The van der Waals surface area contributed by atoms with E-state index in [0.29, 0.717) is 34.0 Å². The number of rotatable bonds is 5. The van der Waals surface area contributed by atoms with Crippen LogP contribution in [0.1, 0.15) is 19.4 Å². The third kappa shape index (κ3) is 4.48. The Morgan fingerprint density at radius 1 is 1.11 bits per heavy atom. The summed E-state index contributed by atoms with van der Waals surface area (Å²) in [4.78, 5) is 38.2. The average Bonchev–Trinajstić information content (AvgIpc) is 2.64. The first-order chi connectivity index (χ1) is 13.3. The van der Waals surface area contributed by atoms with Gasteiger partial charge in [0.05, 0.1) is 12.3 Å². The second-order valence-electron chi connectivity index (χ2n) is 6.71. The lowest BCUT2D eigenvalue weighted by Gasteiger charge is -2.26. The lowest BCUT2D eigenvalue weighted by Crippen LogP contribution is -2.54. The van der Waals surface area contributed by atoms with Crippen LogP contribution >= 0.6 is 15.9 Å². The van der Waals surface area contributed by atoms with Crippen molar-refractivity contribution in [1.29, 1.82) is 0 Å². The SMILES string of the molecule is CC(C)COc1ccc(/C=C2\C(=O)NC(=O)N(c3cccc(Br)c3)C2=O)cc1. The highest BCUT2D eigenvalue weighted by atomic mass is 79.9. The van der Waals surface area contributed by atoms with E-state index in [4.69, 9.17) is 4.74 Å². The van der Waals surface area contributed by atoms with Crippen LogP contribution in [0.4, 0.5) is 10.5 Å². The van der Waals surface area contributed by atoms with E-state index in [9.17, 15) is 14.4 Å². The number of anilines is 1. The first-order valence-electron chi connectivity index (χ1n) is 8.75. The fourth-order valence-electron chi connectivity index (χ4n) is 2.60. The molecule has 0 unspecified atom stereocenters. The van der Waals surface area contributed by atoms with E-state index in [-0.39, 0.29) is 5.57 Å². The van der Waals surface area contributed by atoms with Gasteiger partial charge in [0, 0.05) is 4.47 Å². The molecule has 1 fully saturated rings. The number of ether oxygens (including phenoxy) is 1. The summed E-state index contributed by atoms with van der Waals surface area (Å²) < 4.78 is 6.34. The van der Waals surface area contributed by atoms with Crippen LogP contribution in [-0.4, -0.2) is 24.5 Å². The highest BCUT2D eigenvalue weighted by Crippen LogP contribution is 2.25. The molecule has 144 valence electrons. The second kappa shape index (κ2) is 8.39. The smallest absolute Gasteiger partial charge is 0.335 e. The molecule has 0 atom stereocenters. The quantitative estimate of drug-likeness (QED) is 0.557. The Balaban J connectivity index is 1.86. The van der Waals surface area contributed by atoms with Gasteiger partial charge in [-0.3, -0.25) is 14.9 Å². The topological polar surface area (TPSA) is 75.7 Å². The highest BCUT2D eigenvalue weighted by molar-refractivity contribution is 9.10. The van der Waals surface area contributed by atoms with Gasteiger partial charge in [0.2, 0.25) is 0 Å². The molecular weight excluding hydrogens is 424 g/mol. The van der Waals surface area contributed by atoms with E-state index in [0.717, 1.165) is 4.90 Å². The Labute approximate surface area is 171 Å². The summed E-state index contributed by atoms with van der Waals surface area (Å²) in [7, 11) is 0. The van der Waals surface area contributed by atoms with Gasteiger partial charge in [0.25, 0.3) is 11.8 Å². The zero-order valence-corrected chi connectivity index (χ0v) is 17.0. The first kappa shape index (κ1) is 19.8. The summed E-state index contributed by atoms with van der Waals surface area (Å²) >= 11 is 3.31. The number of benzene rings is 2. The molecule has 28 heavy (non-hydrogen) atoms. The molecule has 1 aliphatic heterocycles. The molecule has 3 rings (SSSR count). The van der Waals surface area contributed by atoms with Gasteiger partial charge in [-0.05, 0) is 47.9 Å². The zero-order valence-electron chi connectivity index (χ0n) is 15.4. The summed E-state index contributed by atoms with van der Waals surface area (Å²) in [5, 5.41) is 2.21. The largest absolute Gasteiger partial charge is 0.493 e. The molecule has 7 heteroatoms. The van der Waals surface area contributed by atoms with Crippen LogP contribution in [0.2, 0.25) is 0 Å². The van der Waals surface area contributed by atoms with E-state index in [1.54, 1.807) is 48.5 Å². The van der Waals surface area contributed by atoms with Crippen molar-refractivity contribution in [1.82, 2.24) is 5.32 Å². The minimum atomic E-state index is -0.775. The summed E-state index contributed by atoms with van der Waals surface area (Å²) in [6.45, 7) is 4.72. The molecule has 0 bridgehead atoms. The lowest BCUT2D eigenvalue weighted by molar-refractivity contribution is -0.122. The molecule has 1 aliphatic rings. The molecule has 2 aromatic carbocycles. The van der Waals surface area contributed by atoms with Gasteiger partial charge in [-0.2, -0.15) is 0 Å². The number of carbonyl (C=O) groups excluding carboxylic acids is 3. The van der Waals surface area contributed by atoms with Crippen molar-refractivity contribution < 1.29 is 19.1 Å². The van der Waals surface area contributed by atoms with E-state index in [1.807, 2.05) is 0 Å². The molecule has 1 N–H and O–H groups in total. The third-order valence-electron chi connectivity index (χ3n) is 3.94. The van der Waals surface area contributed by atoms with Gasteiger partial charge in [-0.1, -0.05) is 48.0 Å². The van der Waals surface area contributed by atoms with Crippen LogP contribution in [0.5, 0.6) is 5.75 Å². The van der Waals surface area contributed by atoms with Crippen LogP contribution in [0.3, 0.4) is 0 Å². The molecule has 0 radical (unpaired) electrons. The zero-order chi connectivity index (χ0) is 20.3. The fourth-order valence-corrected chi connectivity index (χ4v) is 2.98. The van der Waals surface area contributed by atoms with E-state index in [2.05, 4.69) is 35.1 Å². The highest BCUT2D eigenvalue weighted by Gasteiger charge is 2.36. The van der Waals surface area contributed by atoms with Gasteiger partial charge in [-0.25, -0.2) is 9.69 Å². The Bertz CT molecular complexity index is 951. The standard InChI is InChI=1S/C21H19BrN2O4/c1-13(2)12-28-17-8-6-14(7-9-17)10-18-19(25)23-21(27)24(20(18)26)16-5-3-4-15(22)11-16/h3-11,13H,12H2,1-2H3,(H,23,25,27)/b18-10+. The Kier molecular flexibility index (Phi) is 5.94. The number of hydrogen-bond donors (Lipinski definition) is 1. The van der Waals surface area contributed by atoms with Crippen molar-refractivity contribution in [2.75, 3.05) is 11.5 Å². The first-order valence-corrected chi connectivity index (χ1v) is 9.54. The normalized spacial score (nSPS) is 15.9. The molecule has 0 aliphatic carbocycles. The number of carbonyl (C=O) groups is 3. The van der Waals surface area contributed by atoms with E-state index in [1.165, 1.54) is 6.08 Å². The molecule has 4 amide bonds. The molecule has 1 saturated heterocycles. The van der Waals surface area contributed by atoms with Crippen LogP contribution in [0.25, 0.3) is 6.08 Å². The fraction of sp³-hybridized carbons (Fsp3) is 0.190. The number of hydrogen-bond acceptors (Lipinski definition) is 4. The van der Waals surface area contributed by atoms with Crippen molar-refractivity contribution >= 4 is 45.5 Å². The molecule has 0 spiro atoms. The van der Waals surface area contributed by atoms with Crippen molar-refractivity contribution in [3.8, 4) is 5.75 Å². The number of nitrogens with one attached hydrogen (secondary N) is 1. The minimum Gasteiger partial charge on any atom is -0.493 e. The van der Waals surface area contributed by atoms with E-state index >= 15 is 0 Å². The number of amides is 4. The molecule has 0 aromatic heterocycles. The summed E-state index contributed by atoms with van der Waals surface area (Å²) in [5.74, 6) is -0.276. The van der Waals surface area contributed by atoms with Gasteiger partial charge in [0.15, 0.2) is 0 Å². The van der Waals surface area contributed by atoms with Crippen LogP contribution in [0, 0.1) is 5.92 Å². The maximum Gasteiger partial charge on any atom is 0.335 e. The predicted octanol–water partition coefficient (Wildman–Crippen LogP) is 4.15. The van der Waals surface area contributed by atoms with E-state index < -0.39 is 17.8 Å². The van der Waals surface area contributed by atoms with Crippen molar-refractivity contribution in [3.05, 3.63) is 64.1 Å². The average molecular weight is 443 g/mol. The Morgan fingerprint density at radius 2 is 1.82 bits per heavy atom. The van der Waals surface area contributed by atoms with Crippen molar-refractivity contribution in [3.63, 3.8) is 0 Å². The number of barbiturate groups is 1. The number of nitrogens with zero attached hydrogens (tertiary/aromatic N) is 1. The van der Waals surface area contributed by atoms with Gasteiger partial charge >= 0.3 is 6.03 Å². The Morgan fingerprint density at radius 3 is 2.46 bits per heavy atom. The minimum absolute atomic E-state index is 0.115. The third-order valence-corrected chi connectivity index (χ3v) is 4.44. The number of urea groups is 1. The summed E-state index contributed by atoms with van der Waals surface area (Å²) in [5.41, 5.74) is 0.905. The number of halogens is 1. The molecule has 1 heterocycles. The van der Waals surface area contributed by atoms with Crippen molar-refractivity contribution in [2.45, 2.75) is 13.8 Å². The van der Waals surface area contributed by atoms with Crippen LogP contribution in [0.15, 0.2) is 58.6 Å². The Hall–Kier alpha value is -2.93. The molecule has 2 aromatic rings. The van der Waals surface area contributed by atoms with Crippen LogP contribution < -0.4 is 15.0 Å². The molecule has 6 nitrogen and oxygen atoms in total. The lowest BCUT2D eigenvalue weighted by atomic mass is 10.1.